The number of hydrogen-bond donors (Lipinski definition) is 1. The number of aromatic nitrogens is 1. The molecule has 0 spiro atoms. The average Bonchev–Trinajstić information content (AvgIpc) is 3.11. The van der Waals surface area contributed by atoms with Gasteiger partial charge in [0.05, 0.1) is 18.8 Å². The number of nitrogens with one attached hydrogen (secondary N) is 1. The van der Waals surface area contributed by atoms with E-state index in [1.54, 1.807) is 0 Å². The van der Waals surface area contributed by atoms with Crippen LogP contribution >= 0.6 is 11.6 Å². The molecule has 1 aliphatic carbocycles. The van der Waals surface area contributed by atoms with E-state index in [0.29, 0.717) is 23.9 Å². The summed E-state index contributed by atoms with van der Waals surface area (Å²) < 4.78 is 5.77. The lowest BCUT2D eigenvalue weighted by molar-refractivity contribution is -0.0446. The number of rotatable bonds is 1. The number of nitrogens with zero attached hydrogens (tertiary/aromatic N) is 1. The van der Waals surface area contributed by atoms with Gasteiger partial charge in [0.1, 0.15) is 5.69 Å². The van der Waals surface area contributed by atoms with Crippen LogP contribution in [0.4, 0.5) is 0 Å². The topological polar surface area (TPSA) is 45.3 Å². The van der Waals surface area contributed by atoms with Gasteiger partial charge in [0.25, 0.3) is 5.91 Å². The summed E-state index contributed by atoms with van der Waals surface area (Å²) in [6.45, 7) is 1.31. The van der Waals surface area contributed by atoms with Crippen molar-refractivity contribution in [2.45, 2.75) is 31.4 Å². The van der Waals surface area contributed by atoms with E-state index in [9.17, 15) is 4.79 Å². The maximum Gasteiger partial charge on any atom is 0.270 e. The number of hydrogen-bond acceptors (Lipinski definition) is 2. The second-order valence-electron chi connectivity index (χ2n) is 5.82. The van der Waals surface area contributed by atoms with Crippen LogP contribution in [-0.4, -0.2) is 41.1 Å². The van der Waals surface area contributed by atoms with Crippen LogP contribution in [0.3, 0.4) is 0 Å². The van der Waals surface area contributed by atoms with Gasteiger partial charge in [-0.1, -0.05) is 11.6 Å². The van der Waals surface area contributed by atoms with Crippen molar-refractivity contribution in [1.82, 2.24) is 9.88 Å². The summed E-state index contributed by atoms with van der Waals surface area (Å²) in [5.41, 5.74) is 1.58. The molecular formula is C16H17ClN2O2. The predicted molar refractivity (Wildman–Crippen MR) is 81.7 cm³/mol. The molecule has 2 aromatic rings. The summed E-state index contributed by atoms with van der Waals surface area (Å²) in [6.07, 6.45) is 3.47. The van der Waals surface area contributed by atoms with Crippen LogP contribution in [0.2, 0.25) is 5.02 Å². The lowest BCUT2D eigenvalue weighted by Gasteiger charge is -2.37. The Morgan fingerprint density at radius 1 is 1.33 bits per heavy atom. The first-order chi connectivity index (χ1) is 10.2. The van der Waals surface area contributed by atoms with Crippen LogP contribution in [0.15, 0.2) is 24.3 Å². The number of amides is 1. The lowest BCUT2D eigenvalue weighted by atomic mass is 10.1. The van der Waals surface area contributed by atoms with Gasteiger partial charge in [0.2, 0.25) is 0 Å². The van der Waals surface area contributed by atoms with Crippen molar-refractivity contribution in [2.75, 3.05) is 13.2 Å². The van der Waals surface area contributed by atoms with E-state index in [2.05, 4.69) is 4.98 Å². The number of aromatic amines is 1. The molecule has 4 rings (SSSR count). The van der Waals surface area contributed by atoms with E-state index in [1.807, 2.05) is 29.2 Å². The number of benzene rings is 1. The third kappa shape index (κ3) is 2.23. The highest BCUT2D eigenvalue weighted by molar-refractivity contribution is 6.31. The fourth-order valence-electron chi connectivity index (χ4n) is 3.55. The zero-order chi connectivity index (χ0) is 14.4. The monoisotopic (exact) mass is 304 g/mol. The van der Waals surface area contributed by atoms with Crippen molar-refractivity contribution < 1.29 is 9.53 Å². The molecule has 2 heterocycles. The largest absolute Gasteiger partial charge is 0.374 e. The van der Waals surface area contributed by atoms with Gasteiger partial charge < -0.3 is 14.6 Å². The van der Waals surface area contributed by atoms with E-state index in [-0.39, 0.29) is 18.1 Å². The van der Waals surface area contributed by atoms with Crippen LogP contribution in [0, 0.1) is 0 Å². The Balaban J connectivity index is 1.66. The standard InChI is InChI=1S/C16H17ClN2O2/c17-11-4-5-12-10(8-11)9-13(18-12)16(20)19-6-7-21-15-3-1-2-14(15)19/h4-5,8-9,14-15,18H,1-3,6-7H2/t14-,15+/m0/s1. The molecule has 4 nitrogen and oxygen atoms in total. The third-order valence-corrected chi connectivity index (χ3v) is 4.79. The van der Waals surface area contributed by atoms with Crippen molar-refractivity contribution in [2.24, 2.45) is 0 Å². The second-order valence-corrected chi connectivity index (χ2v) is 6.26. The molecule has 5 heteroatoms. The van der Waals surface area contributed by atoms with Crippen LogP contribution in [0.1, 0.15) is 29.8 Å². The maximum absolute atomic E-state index is 12.8. The number of halogens is 1. The SMILES string of the molecule is O=C(c1cc2cc(Cl)ccc2[nH]1)N1CCO[C@@H]2CCC[C@@H]21. The number of ether oxygens (including phenoxy) is 1. The molecule has 0 bridgehead atoms. The quantitative estimate of drug-likeness (QED) is 0.879. The van der Waals surface area contributed by atoms with E-state index in [0.717, 1.165) is 30.2 Å². The Morgan fingerprint density at radius 2 is 2.24 bits per heavy atom. The van der Waals surface area contributed by atoms with Gasteiger partial charge in [-0.2, -0.15) is 0 Å². The molecule has 1 N–H and O–H groups in total. The molecule has 2 fully saturated rings. The minimum absolute atomic E-state index is 0.0718. The van der Waals surface area contributed by atoms with Gasteiger partial charge in [0.15, 0.2) is 0 Å². The first kappa shape index (κ1) is 13.2. The summed E-state index contributed by atoms with van der Waals surface area (Å²) in [5.74, 6) is 0.0718. The van der Waals surface area contributed by atoms with Gasteiger partial charge in [-0.05, 0) is 43.5 Å². The Morgan fingerprint density at radius 3 is 3.14 bits per heavy atom. The normalized spacial score (nSPS) is 25.3. The molecule has 21 heavy (non-hydrogen) atoms. The number of morpholine rings is 1. The van der Waals surface area contributed by atoms with Gasteiger partial charge in [-0.15, -0.1) is 0 Å². The highest BCUT2D eigenvalue weighted by atomic mass is 35.5. The molecule has 0 unspecified atom stereocenters. The van der Waals surface area contributed by atoms with Crippen molar-refractivity contribution in [1.29, 1.82) is 0 Å². The Kier molecular flexibility index (Phi) is 3.16. The fourth-order valence-corrected chi connectivity index (χ4v) is 3.73. The smallest absolute Gasteiger partial charge is 0.270 e. The van der Waals surface area contributed by atoms with E-state index < -0.39 is 0 Å². The van der Waals surface area contributed by atoms with Crippen molar-refractivity contribution >= 4 is 28.4 Å². The van der Waals surface area contributed by atoms with Gasteiger partial charge >= 0.3 is 0 Å². The Labute approximate surface area is 128 Å². The zero-order valence-electron chi connectivity index (χ0n) is 11.6. The molecule has 2 aliphatic rings. The number of H-pyrrole nitrogens is 1. The molecule has 2 atom stereocenters. The van der Waals surface area contributed by atoms with Crippen molar-refractivity contribution in [3.63, 3.8) is 0 Å². The molecular weight excluding hydrogens is 288 g/mol. The van der Waals surface area contributed by atoms with Crippen LogP contribution in [0.5, 0.6) is 0 Å². The summed E-state index contributed by atoms with van der Waals surface area (Å²) in [4.78, 5) is 18.0. The molecule has 1 amide bonds. The number of fused-ring (bicyclic) bond motifs is 2. The first-order valence-electron chi connectivity index (χ1n) is 7.43. The molecule has 0 radical (unpaired) electrons. The number of carbonyl (C=O) groups excluding carboxylic acids is 1. The number of carbonyl (C=O) groups is 1. The fraction of sp³-hybridized carbons (Fsp3) is 0.438. The Hall–Kier alpha value is -1.52. The van der Waals surface area contributed by atoms with Gasteiger partial charge in [-0.3, -0.25) is 4.79 Å². The van der Waals surface area contributed by atoms with Crippen LogP contribution < -0.4 is 0 Å². The predicted octanol–water partition coefficient (Wildman–Crippen LogP) is 3.21. The maximum atomic E-state index is 12.8. The van der Waals surface area contributed by atoms with Crippen molar-refractivity contribution in [3.05, 3.63) is 35.0 Å². The van der Waals surface area contributed by atoms with Crippen molar-refractivity contribution in [3.8, 4) is 0 Å². The summed E-state index contributed by atoms with van der Waals surface area (Å²) in [6, 6.07) is 7.74. The van der Waals surface area contributed by atoms with E-state index in [4.69, 9.17) is 16.3 Å². The van der Waals surface area contributed by atoms with Crippen LogP contribution in [-0.2, 0) is 4.74 Å². The molecule has 1 aromatic heterocycles. The van der Waals surface area contributed by atoms with Crippen LogP contribution in [0.25, 0.3) is 10.9 Å². The van der Waals surface area contributed by atoms with E-state index in [1.165, 1.54) is 0 Å². The molecule has 1 saturated carbocycles. The lowest BCUT2D eigenvalue weighted by Crippen LogP contribution is -2.51. The third-order valence-electron chi connectivity index (χ3n) is 4.56. The molecule has 1 saturated heterocycles. The minimum Gasteiger partial charge on any atom is -0.374 e. The summed E-state index contributed by atoms with van der Waals surface area (Å²) >= 11 is 6.00. The van der Waals surface area contributed by atoms with Gasteiger partial charge in [-0.25, -0.2) is 0 Å². The zero-order valence-corrected chi connectivity index (χ0v) is 12.4. The second kappa shape index (κ2) is 5.04. The molecule has 1 aromatic carbocycles. The first-order valence-corrected chi connectivity index (χ1v) is 7.81. The summed E-state index contributed by atoms with van der Waals surface area (Å²) in [5, 5.41) is 1.66. The van der Waals surface area contributed by atoms with E-state index >= 15 is 0 Å². The van der Waals surface area contributed by atoms with Gasteiger partial charge in [0, 0.05) is 22.5 Å². The minimum atomic E-state index is 0.0718. The highest BCUT2D eigenvalue weighted by Crippen LogP contribution is 2.31. The highest BCUT2D eigenvalue weighted by Gasteiger charge is 2.38. The average molecular weight is 305 g/mol. The summed E-state index contributed by atoms with van der Waals surface area (Å²) in [7, 11) is 0. The molecule has 110 valence electrons. The Bertz CT molecular complexity index is 697. The molecule has 1 aliphatic heterocycles.